The van der Waals surface area contributed by atoms with E-state index in [-0.39, 0.29) is 6.04 Å². The standard InChI is InChI=1S/C12H17N/c1-4-5-12(13)11-7-9(2)6-10(3)8-11/h4,6-8,12H,1,5,13H2,2-3H3. The minimum atomic E-state index is 0.0936. The Balaban J connectivity index is 2.93. The Bertz CT molecular complexity index is 282. The van der Waals surface area contributed by atoms with E-state index in [0.717, 1.165) is 6.42 Å². The summed E-state index contributed by atoms with van der Waals surface area (Å²) in [4.78, 5) is 0. The van der Waals surface area contributed by atoms with Crippen LogP contribution < -0.4 is 5.73 Å². The van der Waals surface area contributed by atoms with Gasteiger partial charge in [-0.05, 0) is 25.8 Å². The molecule has 0 saturated carbocycles. The second-order valence-corrected chi connectivity index (χ2v) is 3.55. The van der Waals surface area contributed by atoms with Gasteiger partial charge in [0.25, 0.3) is 0 Å². The maximum Gasteiger partial charge on any atom is 0.0329 e. The van der Waals surface area contributed by atoms with E-state index in [1.165, 1.54) is 16.7 Å². The number of nitrogens with two attached hydrogens (primary N) is 1. The van der Waals surface area contributed by atoms with Gasteiger partial charge in [0.15, 0.2) is 0 Å². The fourth-order valence-corrected chi connectivity index (χ4v) is 1.54. The molecular weight excluding hydrogens is 158 g/mol. The molecule has 1 aromatic carbocycles. The van der Waals surface area contributed by atoms with Gasteiger partial charge >= 0.3 is 0 Å². The van der Waals surface area contributed by atoms with Crippen LogP contribution in [0.25, 0.3) is 0 Å². The van der Waals surface area contributed by atoms with Crippen LogP contribution in [-0.4, -0.2) is 0 Å². The van der Waals surface area contributed by atoms with Crippen molar-refractivity contribution in [2.75, 3.05) is 0 Å². The normalized spacial score (nSPS) is 12.5. The third-order valence-electron chi connectivity index (χ3n) is 2.09. The first kappa shape index (κ1) is 10.0. The number of rotatable bonds is 3. The predicted octanol–water partition coefficient (Wildman–Crippen LogP) is 2.88. The summed E-state index contributed by atoms with van der Waals surface area (Å²) in [6.07, 6.45) is 2.70. The molecule has 0 aliphatic carbocycles. The zero-order valence-corrected chi connectivity index (χ0v) is 8.38. The Morgan fingerprint density at radius 1 is 1.31 bits per heavy atom. The van der Waals surface area contributed by atoms with E-state index in [1.54, 1.807) is 0 Å². The average molecular weight is 175 g/mol. The number of hydrogen-bond donors (Lipinski definition) is 1. The summed E-state index contributed by atoms with van der Waals surface area (Å²) in [6.45, 7) is 7.88. The molecule has 0 spiro atoms. The van der Waals surface area contributed by atoms with E-state index >= 15 is 0 Å². The van der Waals surface area contributed by atoms with Gasteiger partial charge in [0, 0.05) is 6.04 Å². The summed E-state index contributed by atoms with van der Waals surface area (Å²) in [5.41, 5.74) is 9.72. The molecule has 0 radical (unpaired) electrons. The van der Waals surface area contributed by atoms with E-state index in [2.05, 4.69) is 38.6 Å². The van der Waals surface area contributed by atoms with Crippen LogP contribution in [0, 0.1) is 13.8 Å². The molecule has 1 heteroatoms. The number of aryl methyl sites for hydroxylation is 2. The van der Waals surface area contributed by atoms with Crippen molar-refractivity contribution in [2.24, 2.45) is 5.73 Å². The van der Waals surface area contributed by atoms with Gasteiger partial charge in [-0.15, -0.1) is 6.58 Å². The highest BCUT2D eigenvalue weighted by molar-refractivity contribution is 5.30. The molecule has 0 aliphatic heterocycles. The minimum Gasteiger partial charge on any atom is -0.324 e. The molecule has 70 valence electrons. The Kier molecular flexibility index (Phi) is 3.26. The zero-order chi connectivity index (χ0) is 9.84. The molecular formula is C12H17N. The SMILES string of the molecule is C=CCC(N)c1cc(C)cc(C)c1. The third-order valence-corrected chi connectivity index (χ3v) is 2.09. The first-order valence-corrected chi connectivity index (χ1v) is 4.58. The molecule has 0 saturated heterocycles. The van der Waals surface area contributed by atoms with E-state index in [0.29, 0.717) is 0 Å². The number of hydrogen-bond acceptors (Lipinski definition) is 1. The molecule has 1 rings (SSSR count). The minimum absolute atomic E-state index is 0.0936. The quantitative estimate of drug-likeness (QED) is 0.702. The molecule has 1 aromatic rings. The third kappa shape index (κ3) is 2.71. The first-order valence-electron chi connectivity index (χ1n) is 4.58. The molecule has 1 nitrogen and oxygen atoms in total. The van der Waals surface area contributed by atoms with Crippen LogP contribution in [0.1, 0.15) is 29.2 Å². The topological polar surface area (TPSA) is 26.0 Å². The predicted molar refractivity (Wildman–Crippen MR) is 57.7 cm³/mol. The molecule has 1 atom stereocenters. The molecule has 13 heavy (non-hydrogen) atoms. The van der Waals surface area contributed by atoms with Gasteiger partial charge in [-0.3, -0.25) is 0 Å². The maximum absolute atomic E-state index is 5.97. The van der Waals surface area contributed by atoms with Gasteiger partial charge < -0.3 is 5.73 Å². The molecule has 0 heterocycles. The van der Waals surface area contributed by atoms with Crippen molar-refractivity contribution < 1.29 is 0 Å². The van der Waals surface area contributed by atoms with Crippen molar-refractivity contribution >= 4 is 0 Å². The second-order valence-electron chi connectivity index (χ2n) is 3.55. The van der Waals surface area contributed by atoms with Gasteiger partial charge in [0.1, 0.15) is 0 Å². The van der Waals surface area contributed by atoms with Crippen LogP contribution in [0.4, 0.5) is 0 Å². The van der Waals surface area contributed by atoms with Gasteiger partial charge in [-0.2, -0.15) is 0 Å². The highest BCUT2D eigenvalue weighted by atomic mass is 14.6. The largest absolute Gasteiger partial charge is 0.324 e. The van der Waals surface area contributed by atoms with E-state index in [9.17, 15) is 0 Å². The fourth-order valence-electron chi connectivity index (χ4n) is 1.54. The van der Waals surface area contributed by atoms with Crippen molar-refractivity contribution in [1.82, 2.24) is 0 Å². The Hall–Kier alpha value is -1.08. The first-order chi connectivity index (χ1) is 6.13. The van der Waals surface area contributed by atoms with Gasteiger partial charge in [0.2, 0.25) is 0 Å². The highest BCUT2D eigenvalue weighted by Gasteiger charge is 2.04. The van der Waals surface area contributed by atoms with Crippen LogP contribution in [-0.2, 0) is 0 Å². The van der Waals surface area contributed by atoms with Crippen LogP contribution in [0.3, 0.4) is 0 Å². The zero-order valence-electron chi connectivity index (χ0n) is 8.38. The Morgan fingerprint density at radius 3 is 2.31 bits per heavy atom. The lowest BCUT2D eigenvalue weighted by molar-refractivity contribution is 0.740. The summed E-state index contributed by atoms with van der Waals surface area (Å²) in [6, 6.07) is 6.53. The summed E-state index contributed by atoms with van der Waals surface area (Å²) >= 11 is 0. The summed E-state index contributed by atoms with van der Waals surface area (Å²) in [5.74, 6) is 0. The fraction of sp³-hybridized carbons (Fsp3) is 0.333. The molecule has 0 amide bonds. The van der Waals surface area contributed by atoms with Crippen molar-refractivity contribution in [3.63, 3.8) is 0 Å². The maximum atomic E-state index is 5.97. The van der Waals surface area contributed by atoms with E-state index in [1.807, 2.05) is 6.08 Å². The molecule has 0 bridgehead atoms. The summed E-state index contributed by atoms with van der Waals surface area (Å²) in [5, 5.41) is 0. The lowest BCUT2D eigenvalue weighted by atomic mass is 10.00. The van der Waals surface area contributed by atoms with Crippen molar-refractivity contribution in [1.29, 1.82) is 0 Å². The van der Waals surface area contributed by atoms with E-state index < -0.39 is 0 Å². The Morgan fingerprint density at radius 2 is 1.85 bits per heavy atom. The molecule has 2 N–H and O–H groups in total. The lowest BCUT2D eigenvalue weighted by Crippen LogP contribution is -2.09. The Labute approximate surface area is 80.3 Å². The number of benzene rings is 1. The summed E-state index contributed by atoms with van der Waals surface area (Å²) in [7, 11) is 0. The van der Waals surface area contributed by atoms with Crippen molar-refractivity contribution in [3.8, 4) is 0 Å². The van der Waals surface area contributed by atoms with Gasteiger partial charge in [-0.25, -0.2) is 0 Å². The van der Waals surface area contributed by atoms with Gasteiger partial charge in [0.05, 0.1) is 0 Å². The van der Waals surface area contributed by atoms with Crippen molar-refractivity contribution in [2.45, 2.75) is 26.3 Å². The smallest absolute Gasteiger partial charge is 0.0329 e. The molecule has 0 aliphatic rings. The van der Waals surface area contributed by atoms with Crippen LogP contribution in [0.2, 0.25) is 0 Å². The second kappa shape index (κ2) is 4.24. The van der Waals surface area contributed by atoms with Crippen LogP contribution in [0.5, 0.6) is 0 Å². The average Bonchev–Trinajstić information content (AvgIpc) is 2.03. The highest BCUT2D eigenvalue weighted by Crippen LogP contribution is 2.17. The monoisotopic (exact) mass is 175 g/mol. The molecule has 1 unspecified atom stereocenters. The van der Waals surface area contributed by atoms with Crippen LogP contribution in [0.15, 0.2) is 30.9 Å². The molecule has 0 fully saturated rings. The van der Waals surface area contributed by atoms with Crippen LogP contribution >= 0.6 is 0 Å². The summed E-state index contributed by atoms with van der Waals surface area (Å²) < 4.78 is 0. The lowest BCUT2D eigenvalue weighted by Gasteiger charge is -2.11. The van der Waals surface area contributed by atoms with E-state index in [4.69, 9.17) is 5.73 Å². The van der Waals surface area contributed by atoms with Crippen molar-refractivity contribution in [3.05, 3.63) is 47.5 Å². The van der Waals surface area contributed by atoms with Gasteiger partial charge in [-0.1, -0.05) is 35.4 Å². The molecule has 0 aromatic heterocycles.